The van der Waals surface area contributed by atoms with Crippen molar-refractivity contribution in [3.8, 4) is 0 Å². The zero-order valence-electron chi connectivity index (χ0n) is 7.33. The van der Waals surface area contributed by atoms with E-state index in [1.807, 2.05) is 31.2 Å². The lowest BCUT2D eigenvalue weighted by Crippen LogP contribution is -1.92. The number of aliphatic imine (C=N–C) groups is 1. The lowest BCUT2D eigenvalue weighted by atomic mass is 10.1. The van der Waals surface area contributed by atoms with E-state index >= 15 is 0 Å². The second kappa shape index (κ2) is 5.14. The monoisotopic (exact) mass is 287 g/mol. The second-order valence-corrected chi connectivity index (χ2v) is 3.94. The van der Waals surface area contributed by atoms with E-state index in [9.17, 15) is 4.79 Å². The molecule has 1 unspecified atom stereocenters. The zero-order chi connectivity index (χ0) is 9.68. The molecule has 2 nitrogen and oxygen atoms in total. The van der Waals surface area contributed by atoms with Crippen LogP contribution >= 0.6 is 22.6 Å². The van der Waals surface area contributed by atoms with Crippen LogP contribution in [-0.2, 0) is 4.79 Å². The van der Waals surface area contributed by atoms with E-state index < -0.39 is 0 Å². The molecule has 0 aliphatic carbocycles. The molecule has 0 heterocycles. The normalized spacial score (nSPS) is 11.8. The van der Waals surface area contributed by atoms with Crippen LogP contribution in [0, 0.1) is 3.57 Å². The minimum Gasteiger partial charge on any atom is -0.211 e. The first-order valence-electron chi connectivity index (χ1n) is 4.10. The van der Waals surface area contributed by atoms with E-state index in [0.717, 1.165) is 12.0 Å². The van der Waals surface area contributed by atoms with Crippen molar-refractivity contribution in [2.45, 2.75) is 19.4 Å². The largest absolute Gasteiger partial charge is 0.235 e. The maximum atomic E-state index is 10.1. The summed E-state index contributed by atoms with van der Waals surface area (Å²) in [4.78, 5) is 13.9. The topological polar surface area (TPSA) is 29.4 Å². The van der Waals surface area contributed by atoms with Crippen molar-refractivity contribution in [2.24, 2.45) is 4.99 Å². The average molecular weight is 287 g/mol. The Morgan fingerprint density at radius 1 is 1.46 bits per heavy atom. The van der Waals surface area contributed by atoms with Crippen LogP contribution in [0.15, 0.2) is 29.3 Å². The van der Waals surface area contributed by atoms with Crippen molar-refractivity contribution < 1.29 is 4.79 Å². The minimum atomic E-state index is -0.0329. The van der Waals surface area contributed by atoms with E-state index in [1.165, 1.54) is 3.57 Å². The van der Waals surface area contributed by atoms with Gasteiger partial charge in [0.05, 0.1) is 6.04 Å². The number of isocyanates is 1. The Balaban J connectivity index is 2.91. The predicted octanol–water partition coefficient (Wildman–Crippen LogP) is 3.08. The molecule has 1 aromatic carbocycles. The molecule has 0 amide bonds. The molecule has 68 valence electrons. The van der Waals surface area contributed by atoms with Crippen LogP contribution in [0.1, 0.15) is 24.9 Å². The molecule has 0 aliphatic rings. The summed E-state index contributed by atoms with van der Waals surface area (Å²) in [6.45, 7) is 2.00. The Kier molecular flexibility index (Phi) is 4.12. The van der Waals surface area contributed by atoms with E-state index in [0.29, 0.717) is 0 Å². The molecule has 0 fully saturated rings. The molecular weight excluding hydrogens is 277 g/mol. The zero-order valence-corrected chi connectivity index (χ0v) is 9.48. The lowest BCUT2D eigenvalue weighted by molar-refractivity contribution is 0.556. The summed E-state index contributed by atoms with van der Waals surface area (Å²) in [5.74, 6) is 0. The van der Waals surface area contributed by atoms with Gasteiger partial charge in [-0.15, -0.1) is 0 Å². The maximum Gasteiger partial charge on any atom is 0.235 e. The van der Waals surface area contributed by atoms with Crippen LogP contribution < -0.4 is 0 Å². The van der Waals surface area contributed by atoms with E-state index in [2.05, 4.69) is 27.6 Å². The summed E-state index contributed by atoms with van der Waals surface area (Å²) in [6, 6.07) is 7.99. The van der Waals surface area contributed by atoms with Gasteiger partial charge in [0, 0.05) is 3.57 Å². The molecule has 0 bridgehead atoms. The van der Waals surface area contributed by atoms with Gasteiger partial charge in [-0.2, -0.15) is 4.99 Å². The molecule has 0 aromatic heterocycles. The first-order chi connectivity index (χ1) is 6.27. The fraction of sp³-hybridized carbons (Fsp3) is 0.300. The Morgan fingerprint density at radius 2 is 2.08 bits per heavy atom. The highest BCUT2D eigenvalue weighted by atomic mass is 127. The smallest absolute Gasteiger partial charge is 0.211 e. The van der Waals surface area contributed by atoms with Gasteiger partial charge in [0.15, 0.2) is 0 Å². The molecule has 1 aromatic rings. The Hall–Kier alpha value is -0.670. The van der Waals surface area contributed by atoms with Crippen molar-refractivity contribution in [1.29, 1.82) is 0 Å². The summed E-state index contributed by atoms with van der Waals surface area (Å²) in [7, 11) is 0. The standard InChI is InChI=1S/C10H10INO/c1-2-10(12-7-13)8-3-5-9(11)6-4-8/h3-6,10H,2H2,1H3. The molecule has 13 heavy (non-hydrogen) atoms. The van der Waals surface area contributed by atoms with Crippen molar-refractivity contribution in [3.63, 3.8) is 0 Å². The number of benzene rings is 1. The van der Waals surface area contributed by atoms with Crippen molar-refractivity contribution in [3.05, 3.63) is 33.4 Å². The quantitative estimate of drug-likeness (QED) is 0.477. The van der Waals surface area contributed by atoms with Crippen molar-refractivity contribution in [2.75, 3.05) is 0 Å². The van der Waals surface area contributed by atoms with Gasteiger partial charge in [-0.1, -0.05) is 19.1 Å². The first kappa shape index (κ1) is 10.4. The van der Waals surface area contributed by atoms with Crippen LogP contribution in [0.3, 0.4) is 0 Å². The molecule has 0 saturated carbocycles. The summed E-state index contributed by atoms with van der Waals surface area (Å²) in [6.07, 6.45) is 2.43. The number of rotatable bonds is 3. The second-order valence-electron chi connectivity index (χ2n) is 2.70. The van der Waals surface area contributed by atoms with Gasteiger partial charge >= 0.3 is 0 Å². The number of hydrogen-bond acceptors (Lipinski definition) is 2. The number of halogens is 1. The molecule has 1 rings (SSSR count). The van der Waals surface area contributed by atoms with Crippen LogP contribution in [0.5, 0.6) is 0 Å². The molecule has 0 radical (unpaired) electrons. The molecule has 1 atom stereocenters. The maximum absolute atomic E-state index is 10.1. The number of nitrogens with zero attached hydrogens (tertiary/aromatic N) is 1. The average Bonchev–Trinajstić information content (AvgIpc) is 2.16. The van der Waals surface area contributed by atoms with Gasteiger partial charge in [-0.25, -0.2) is 4.79 Å². The molecule has 0 saturated heterocycles. The Labute approximate surface area is 91.2 Å². The van der Waals surface area contributed by atoms with E-state index in [-0.39, 0.29) is 6.04 Å². The van der Waals surface area contributed by atoms with Crippen LogP contribution in [0.25, 0.3) is 0 Å². The fourth-order valence-electron chi connectivity index (χ4n) is 1.15. The Bertz CT molecular complexity index is 314. The van der Waals surface area contributed by atoms with Gasteiger partial charge in [0.25, 0.3) is 0 Å². The van der Waals surface area contributed by atoms with Gasteiger partial charge < -0.3 is 0 Å². The Morgan fingerprint density at radius 3 is 2.54 bits per heavy atom. The molecule has 3 heteroatoms. The van der Waals surface area contributed by atoms with Crippen LogP contribution in [0.2, 0.25) is 0 Å². The molecule has 0 N–H and O–H groups in total. The summed E-state index contributed by atoms with van der Waals surface area (Å²) in [5, 5.41) is 0. The van der Waals surface area contributed by atoms with Crippen molar-refractivity contribution in [1.82, 2.24) is 0 Å². The van der Waals surface area contributed by atoms with Gasteiger partial charge in [-0.05, 0) is 46.7 Å². The number of hydrogen-bond donors (Lipinski definition) is 0. The molecule has 0 spiro atoms. The van der Waals surface area contributed by atoms with E-state index in [4.69, 9.17) is 0 Å². The third kappa shape index (κ3) is 2.94. The molecule has 0 aliphatic heterocycles. The predicted molar refractivity (Wildman–Crippen MR) is 60.3 cm³/mol. The third-order valence-electron chi connectivity index (χ3n) is 1.85. The highest BCUT2D eigenvalue weighted by molar-refractivity contribution is 14.1. The van der Waals surface area contributed by atoms with Gasteiger partial charge in [0.1, 0.15) is 0 Å². The summed E-state index contributed by atoms with van der Waals surface area (Å²) in [5.41, 5.74) is 1.08. The fourth-order valence-corrected chi connectivity index (χ4v) is 1.51. The van der Waals surface area contributed by atoms with Crippen molar-refractivity contribution >= 4 is 28.7 Å². The SMILES string of the molecule is CCC(N=C=O)c1ccc(I)cc1. The summed E-state index contributed by atoms with van der Waals surface area (Å²) >= 11 is 2.25. The van der Waals surface area contributed by atoms with Gasteiger partial charge in [0.2, 0.25) is 6.08 Å². The first-order valence-corrected chi connectivity index (χ1v) is 5.18. The van der Waals surface area contributed by atoms with Crippen LogP contribution in [0.4, 0.5) is 0 Å². The van der Waals surface area contributed by atoms with Gasteiger partial charge in [-0.3, -0.25) is 0 Å². The highest BCUT2D eigenvalue weighted by Gasteiger charge is 2.05. The molecular formula is C10H10INO. The lowest BCUT2D eigenvalue weighted by Gasteiger charge is -2.07. The third-order valence-corrected chi connectivity index (χ3v) is 2.57. The highest BCUT2D eigenvalue weighted by Crippen LogP contribution is 2.20. The summed E-state index contributed by atoms with van der Waals surface area (Å²) < 4.78 is 1.19. The van der Waals surface area contributed by atoms with E-state index in [1.54, 1.807) is 6.08 Å². The number of carbonyl (C=O) groups excluding carboxylic acids is 1. The minimum absolute atomic E-state index is 0.0329. The van der Waals surface area contributed by atoms with Crippen LogP contribution in [-0.4, -0.2) is 6.08 Å².